The Labute approximate surface area is 134 Å². The molecule has 0 atom stereocenters. The third kappa shape index (κ3) is 3.21. The number of aryl methyl sites for hydroxylation is 1. The number of imidazole rings is 1. The number of esters is 1. The number of carbonyl (C=O) groups is 1. The molecule has 0 radical (unpaired) electrons. The average molecular weight is 310 g/mol. The Kier molecular flexibility index (Phi) is 3.60. The predicted octanol–water partition coefficient (Wildman–Crippen LogP) is 3.28. The molecule has 0 aliphatic rings. The summed E-state index contributed by atoms with van der Waals surface area (Å²) in [5.41, 5.74) is 3.15. The van der Waals surface area contributed by atoms with Gasteiger partial charge < -0.3 is 9.72 Å². The fourth-order valence-corrected chi connectivity index (χ4v) is 2.23. The van der Waals surface area contributed by atoms with Crippen LogP contribution in [0.5, 0.6) is 0 Å². The molecule has 1 N–H and O–H groups in total. The highest BCUT2D eigenvalue weighted by Gasteiger charge is 2.19. The summed E-state index contributed by atoms with van der Waals surface area (Å²) in [4.78, 5) is 28.0. The molecule has 0 fully saturated rings. The van der Waals surface area contributed by atoms with Gasteiger partial charge in [0.1, 0.15) is 23.3 Å². The highest BCUT2D eigenvalue weighted by Crippen LogP contribution is 2.25. The van der Waals surface area contributed by atoms with Crippen molar-refractivity contribution in [3.63, 3.8) is 0 Å². The number of hydrogen-bond donors (Lipinski definition) is 1. The molecule has 6 heteroatoms. The first-order chi connectivity index (χ1) is 10.8. The third-order valence-electron chi connectivity index (χ3n) is 3.29. The fourth-order valence-electron chi connectivity index (χ4n) is 2.23. The molecule has 0 amide bonds. The lowest BCUT2D eigenvalue weighted by Gasteiger charge is -2.19. The number of ether oxygens (including phenoxy) is 1. The molecule has 3 aromatic rings. The van der Waals surface area contributed by atoms with Gasteiger partial charge in [0, 0.05) is 5.56 Å². The van der Waals surface area contributed by atoms with Gasteiger partial charge in [0.15, 0.2) is 5.65 Å². The van der Waals surface area contributed by atoms with Crippen LogP contribution in [0.1, 0.15) is 36.7 Å². The van der Waals surface area contributed by atoms with E-state index in [0.29, 0.717) is 17.0 Å². The molecule has 2 aromatic heterocycles. The summed E-state index contributed by atoms with van der Waals surface area (Å²) >= 11 is 0. The molecule has 2 heterocycles. The number of aromatic nitrogens is 4. The van der Waals surface area contributed by atoms with Crippen LogP contribution in [-0.4, -0.2) is 31.5 Å². The lowest BCUT2D eigenvalue weighted by molar-refractivity contribution is 0.00696. The monoisotopic (exact) mass is 310 g/mol. The SMILES string of the molecule is Cc1ccc(C(=O)OC(C)(C)C)cc1-c1nc2ncncc2[nH]1. The van der Waals surface area contributed by atoms with Crippen LogP contribution in [0, 0.1) is 6.92 Å². The Bertz CT molecular complexity index is 845. The minimum Gasteiger partial charge on any atom is -0.456 e. The maximum atomic E-state index is 12.3. The number of nitrogens with one attached hydrogen (secondary N) is 1. The Morgan fingerprint density at radius 3 is 2.74 bits per heavy atom. The first-order valence-electron chi connectivity index (χ1n) is 7.33. The zero-order chi connectivity index (χ0) is 16.6. The van der Waals surface area contributed by atoms with E-state index in [2.05, 4.69) is 19.9 Å². The lowest BCUT2D eigenvalue weighted by Crippen LogP contribution is -2.23. The first-order valence-corrected chi connectivity index (χ1v) is 7.33. The third-order valence-corrected chi connectivity index (χ3v) is 3.29. The lowest BCUT2D eigenvalue weighted by atomic mass is 10.0. The van der Waals surface area contributed by atoms with Crippen LogP contribution in [0.25, 0.3) is 22.6 Å². The molecular formula is C17H18N4O2. The van der Waals surface area contributed by atoms with E-state index >= 15 is 0 Å². The van der Waals surface area contributed by atoms with Crippen molar-refractivity contribution in [2.75, 3.05) is 0 Å². The molecule has 0 aliphatic carbocycles. The Balaban J connectivity index is 2.02. The molecule has 3 rings (SSSR count). The summed E-state index contributed by atoms with van der Waals surface area (Å²) in [6, 6.07) is 5.43. The van der Waals surface area contributed by atoms with E-state index in [4.69, 9.17) is 4.74 Å². The second-order valence-electron chi connectivity index (χ2n) is 6.38. The van der Waals surface area contributed by atoms with Crippen LogP contribution in [-0.2, 0) is 4.74 Å². The zero-order valence-electron chi connectivity index (χ0n) is 13.5. The fraction of sp³-hybridized carbons (Fsp3) is 0.294. The van der Waals surface area contributed by atoms with Gasteiger partial charge in [0.25, 0.3) is 0 Å². The molecule has 23 heavy (non-hydrogen) atoms. The molecule has 0 spiro atoms. The molecule has 118 valence electrons. The highest BCUT2D eigenvalue weighted by atomic mass is 16.6. The highest BCUT2D eigenvalue weighted by molar-refractivity contribution is 5.91. The topological polar surface area (TPSA) is 80.8 Å². The van der Waals surface area contributed by atoms with Crippen molar-refractivity contribution in [2.24, 2.45) is 0 Å². The maximum Gasteiger partial charge on any atom is 0.338 e. The predicted molar refractivity (Wildman–Crippen MR) is 87.0 cm³/mol. The number of aromatic amines is 1. The van der Waals surface area contributed by atoms with Crippen LogP contribution in [0.2, 0.25) is 0 Å². The van der Waals surface area contributed by atoms with Crippen molar-refractivity contribution in [3.8, 4) is 11.4 Å². The standard InChI is InChI=1S/C17H18N4O2/c1-10-5-6-11(16(22)23-17(2,3)4)7-12(10)14-20-13-8-18-9-19-15(13)21-14/h5-9H,1-4H3,(H,18,19,20,21). The van der Waals surface area contributed by atoms with Crippen LogP contribution in [0.4, 0.5) is 0 Å². The number of nitrogens with zero attached hydrogens (tertiary/aromatic N) is 3. The summed E-state index contributed by atoms with van der Waals surface area (Å²) in [5.74, 6) is 0.304. The molecule has 1 aromatic carbocycles. The van der Waals surface area contributed by atoms with Gasteiger partial charge in [-0.15, -0.1) is 0 Å². The van der Waals surface area contributed by atoms with E-state index in [1.54, 1.807) is 18.3 Å². The van der Waals surface area contributed by atoms with Crippen molar-refractivity contribution < 1.29 is 9.53 Å². The number of benzene rings is 1. The zero-order valence-corrected chi connectivity index (χ0v) is 13.5. The molecule has 0 bridgehead atoms. The van der Waals surface area contributed by atoms with Crippen molar-refractivity contribution >= 4 is 17.1 Å². The summed E-state index contributed by atoms with van der Waals surface area (Å²) in [5, 5.41) is 0. The quantitative estimate of drug-likeness (QED) is 0.735. The van der Waals surface area contributed by atoms with Gasteiger partial charge >= 0.3 is 5.97 Å². The van der Waals surface area contributed by atoms with Gasteiger partial charge in [-0.1, -0.05) is 6.07 Å². The Morgan fingerprint density at radius 1 is 1.26 bits per heavy atom. The summed E-state index contributed by atoms with van der Waals surface area (Å²) < 4.78 is 5.42. The van der Waals surface area contributed by atoms with Crippen molar-refractivity contribution in [1.29, 1.82) is 0 Å². The number of H-pyrrole nitrogens is 1. The molecule has 0 aliphatic heterocycles. The van der Waals surface area contributed by atoms with Crippen LogP contribution < -0.4 is 0 Å². The Hall–Kier alpha value is -2.76. The maximum absolute atomic E-state index is 12.3. The van der Waals surface area contributed by atoms with E-state index in [0.717, 1.165) is 16.6 Å². The van der Waals surface area contributed by atoms with E-state index in [9.17, 15) is 4.79 Å². The van der Waals surface area contributed by atoms with Crippen molar-refractivity contribution in [1.82, 2.24) is 19.9 Å². The van der Waals surface area contributed by atoms with Gasteiger partial charge in [-0.05, 0) is 45.4 Å². The van der Waals surface area contributed by atoms with E-state index in [1.807, 2.05) is 33.8 Å². The van der Waals surface area contributed by atoms with Gasteiger partial charge in [0.05, 0.1) is 11.8 Å². The second-order valence-corrected chi connectivity index (χ2v) is 6.38. The van der Waals surface area contributed by atoms with E-state index in [1.165, 1.54) is 6.33 Å². The number of rotatable bonds is 2. The van der Waals surface area contributed by atoms with Gasteiger partial charge in [0.2, 0.25) is 0 Å². The smallest absolute Gasteiger partial charge is 0.338 e. The average Bonchev–Trinajstić information content (AvgIpc) is 2.89. The summed E-state index contributed by atoms with van der Waals surface area (Å²) in [7, 11) is 0. The van der Waals surface area contributed by atoms with Crippen LogP contribution in [0.15, 0.2) is 30.7 Å². The minimum atomic E-state index is -0.531. The first kappa shape index (κ1) is 15.1. The molecule has 0 saturated heterocycles. The van der Waals surface area contributed by atoms with E-state index in [-0.39, 0.29) is 5.97 Å². The van der Waals surface area contributed by atoms with Crippen molar-refractivity contribution in [3.05, 3.63) is 41.9 Å². The summed E-state index contributed by atoms with van der Waals surface area (Å²) in [6.45, 7) is 7.50. The summed E-state index contributed by atoms with van der Waals surface area (Å²) in [6.07, 6.45) is 3.13. The molecule has 0 unspecified atom stereocenters. The minimum absolute atomic E-state index is 0.352. The molecule has 6 nitrogen and oxygen atoms in total. The largest absolute Gasteiger partial charge is 0.456 e. The number of hydrogen-bond acceptors (Lipinski definition) is 5. The van der Waals surface area contributed by atoms with Gasteiger partial charge in [-0.2, -0.15) is 0 Å². The molecule has 0 saturated carbocycles. The van der Waals surface area contributed by atoms with E-state index < -0.39 is 5.60 Å². The number of carbonyl (C=O) groups excluding carboxylic acids is 1. The van der Waals surface area contributed by atoms with Crippen LogP contribution in [0.3, 0.4) is 0 Å². The van der Waals surface area contributed by atoms with Gasteiger partial charge in [-0.3, -0.25) is 0 Å². The van der Waals surface area contributed by atoms with Crippen molar-refractivity contribution in [2.45, 2.75) is 33.3 Å². The second kappa shape index (κ2) is 5.46. The van der Waals surface area contributed by atoms with Crippen LogP contribution >= 0.6 is 0 Å². The number of fused-ring (bicyclic) bond motifs is 1. The Morgan fingerprint density at radius 2 is 2.04 bits per heavy atom. The normalized spacial score (nSPS) is 11.7. The molecular weight excluding hydrogens is 292 g/mol. The van der Waals surface area contributed by atoms with Gasteiger partial charge in [-0.25, -0.2) is 19.7 Å².